The van der Waals surface area contributed by atoms with Crippen molar-refractivity contribution < 1.29 is 4.74 Å². The number of thiazole rings is 1. The average molecular weight is 288 g/mol. The van der Waals surface area contributed by atoms with Crippen molar-refractivity contribution in [2.45, 2.75) is 38.8 Å². The second-order valence-electron chi connectivity index (χ2n) is 5.30. The highest BCUT2D eigenvalue weighted by Gasteiger charge is 2.18. The van der Waals surface area contributed by atoms with Gasteiger partial charge in [-0.15, -0.1) is 11.3 Å². The molecule has 1 N–H and O–H groups in total. The molecule has 1 heterocycles. The van der Waals surface area contributed by atoms with E-state index in [9.17, 15) is 0 Å². The van der Waals surface area contributed by atoms with E-state index in [1.54, 1.807) is 18.4 Å². The first-order valence-electron chi connectivity index (χ1n) is 7.05. The monoisotopic (exact) mass is 288 g/mol. The second-order valence-corrected chi connectivity index (χ2v) is 6.62. The van der Waals surface area contributed by atoms with Crippen molar-refractivity contribution in [1.82, 2.24) is 10.3 Å². The van der Waals surface area contributed by atoms with Gasteiger partial charge in [0.2, 0.25) is 0 Å². The van der Waals surface area contributed by atoms with Crippen LogP contribution < -0.4 is 10.1 Å². The van der Waals surface area contributed by atoms with Crippen LogP contribution in [0.2, 0.25) is 0 Å². The van der Waals surface area contributed by atoms with E-state index >= 15 is 0 Å². The van der Waals surface area contributed by atoms with Crippen LogP contribution in [0.3, 0.4) is 0 Å². The van der Waals surface area contributed by atoms with Crippen LogP contribution in [0.1, 0.15) is 27.4 Å². The van der Waals surface area contributed by atoms with Crippen LogP contribution in [0.15, 0.2) is 24.4 Å². The van der Waals surface area contributed by atoms with Gasteiger partial charge in [0.15, 0.2) is 0 Å². The van der Waals surface area contributed by atoms with Crippen molar-refractivity contribution >= 4 is 11.3 Å². The standard InChI is InChI=1S/C16H20N2OS/c1-11-17-9-16(20-11)10-18-14-5-3-12-4-6-15(19-2)8-13(12)7-14/h4,6,8-9,14,18H,3,5,7,10H2,1-2H3/t14-/m1/s1. The van der Waals surface area contributed by atoms with Crippen LogP contribution in [0.4, 0.5) is 0 Å². The molecule has 2 aromatic rings. The Balaban J connectivity index is 1.62. The molecule has 1 aliphatic carbocycles. The fourth-order valence-corrected chi connectivity index (χ4v) is 3.51. The van der Waals surface area contributed by atoms with Crippen LogP contribution in [0.25, 0.3) is 0 Å². The molecule has 3 nitrogen and oxygen atoms in total. The Kier molecular flexibility index (Phi) is 4.03. The highest BCUT2D eigenvalue weighted by Crippen LogP contribution is 2.26. The highest BCUT2D eigenvalue weighted by atomic mass is 32.1. The molecule has 1 aromatic heterocycles. The summed E-state index contributed by atoms with van der Waals surface area (Å²) in [6.45, 7) is 2.98. The molecular weight excluding hydrogens is 268 g/mol. The van der Waals surface area contributed by atoms with E-state index in [2.05, 4.69) is 35.4 Å². The van der Waals surface area contributed by atoms with Gasteiger partial charge in [0.1, 0.15) is 5.75 Å². The van der Waals surface area contributed by atoms with Gasteiger partial charge in [0, 0.05) is 23.7 Å². The van der Waals surface area contributed by atoms with E-state index in [4.69, 9.17) is 4.74 Å². The van der Waals surface area contributed by atoms with Crippen LogP contribution in [-0.2, 0) is 19.4 Å². The maximum absolute atomic E-state index is 5.32. The quantitative estimate of drug-likeness (QED) is 0.938. The first kappa shape index (κ1) is 13.6. The predicted octanol–water partition coefficient (Wildman–Crippen LogP) is 3.11. The molecule has 1 aliphatic rings. The SMILES string of the molecule is COc1ccc2c(c1)C[C@H](NCc1cnc(C)s1)CC2. The van der Waals surface area contributed by atoms with Gasteiger partial charge in [-0.3, -0.25) is 0 Å². The summed E-state index contributed by atoms with van der Waals surface area (Å²) < 4.78 is 5.32. The lowest BCUT2D eigenvalue weighted by molar-refractivity contribution is 0.411. The Hall–Kier alpha value is -1.39. The van der Waals surface area contributed by atoms with Crippen molar-refractivity contribution in [1.29, 1.82) is 0 Å². The lowest BCUT2D eigenvalue weighted by Crippen LogP contribution is -2.33. The number of hydrogen-bond acceptors (Lipinski definition) is 4. The molecule has 0 spiro atoms. The summed E-state index contributed by atoms with van der Waals surface area (Å²) in [6.07, 6.45) is 5.42. The number of benzene rings is 1. The minimum absolute atomic E-state index is 0.553. The molecule has 0 saturated heterocycles. The van der Waals surface area contributed by atoms with E-state index in [1.807, 2.05) is 6.20 Å². The minimum Gasteiger partial charge on any atom is -0.497 e. The minimum atomic E-state index is 0.553. The predicted molar refractivity (Wildman–Crippen MR) is 82.5 cm³/mol. The number of fused-ring (bicyclic) bond motifs is 1. The number of aromatic nitrogens is 1. The van der Waals surface area contributed by atoms with E-state index in [0.29, 0.717) is 6.04 Å². The molecule has 0 bridgehead atoms. The molecule has 106 valence electrons. The van der Waals surface area contributed by atoms with Crippen molar-refractivity contribution in [2.75, 3.05) is 7.11 Å². The summed E-state index contributed by atoms with van der Waals surface area (Å²) in [7, 11) is 1.73. The van der Waals surface area contributed by atoms with Gasteiger partial charge in [0.25, 0.3) is 0 Å². The zero-order valence-corrected chi connectivity index (χ0v) is 12.8. The topological polar surface area (TPSA) is 34.1 Å². The summed E-state index contributed by atoms with van der Waals surface area (Å²) in [5.74, 6) is 0.961. The van der Waals surface area contributed by atoms with E-state index in [0.717, 1.165) is 30.1 Å². The van der Waals surface area contributed by atoms with E-state index in [-0.39, 0.29) is 0 Å². The van der Waals surface area contributed by atoms with Crippen LogP contribution >= 0.6 is 11.3 Å². The summed E-state index contributed by atoms with van der Waals surface area (Å²) in [5.41, 5.74) is 2.89. The average Bonchev–Trinajstić information content (AvgIpc) is 2.90. The molecular formula is C16H20N2OS. The molecule has 3 rings (SSSR count). The number of nitrogens with one attached hydrogen (secondary N) is 1. The van der Waals surface area contributed by atoms with Crippen molar-refractivity contribution in [3.8, 4) is 5.75 Å². The Morgan fingerprint density at radius 3 is 3.05 bits per heavy atom. The molecule has 0 unspecified atom stereocenters. The van der Waals surface area contributed by atoms with Gasteiger partial charge in [-0.1, -0.05) is 6.07 Å². The molecule has 0 saturated carbocycles. The largest absolute Gasteiger partial charge is 0.497 e. The number of rotatable bonds is 4. The fourth-order valence-electron chi connectivity index (χ4n) is 2.77. The van der Waals surface area contributed by atoms with Gasteiger partial charge in [-0.25, -0.2) is 4.98 Å². The van der Waals surface area contributed by atoms with Crippen molar-refractivity contribution in [2.24, 2.45) is 0 Å². The summed E-state index contributed by atoms with van der Waals surface area (Å²) >= 11 is 1.77. The van der Waals surface area contributed by atoms with Gasteiger partial charge in [-0.2, -0.15) is 0 Å². The van der Waals surface area contributed by atoms with Crippen LogP contribution in [0, 0.1) is 6.92 Å². The third-order valence-electron chi connectivity index (χ3n) is 3.88. The summed E-state index contributed by atoms with van der Waals surface area (Å²) in [4.78, 5) is 5.62. The molecule has 0 radical (unpaired) electrons. The lowest BCUT2D eigenvalue weighted by Gasteiger charge is -2.25. The zero-order chi connectivity index (χ0) is 13.9. The first-order valence-corrected chi connectivity index (χ1v) is 7.87. The first-order chi connectivity index (χ1) is 9.74. The second kappa shape index (κ2) is 5.94. The molecule has 0 fully saturated rings. The molecule has 20 heavy (non-hydrogen) atoms. The number of aryl methyl sites for hydroxylation is 2. The Bertz CT molecular complexity index is 594. The smallest absolute Gasteiger partial charge is 0.119 e. The Morgan fingerprint density at radius 2 is 2.30 bits per heavy atom. The molecule has 0 aliphatic heterocycles. The molecule has 1 atom stereocenters. The fraction of sp³-hybridized carbons (Fsp3) is 0.438. The van der Waals surface area contributed by atoms with Crippen LogP contribution in [-0.4, -0.2) is 18.1 Å². The van der Waals surface area contributed by atoms with Gasteiger partial charge < -0.3 is 10.1 Å². The van der Waals surface area contributed by atoms with Crippen LogP contribution in [0.5, 0.6) is 5.75 Å². The molecule has 0 amide bonds. The maximum Gasteiger partial charge on any atom is 0.119 e. The zero-order valence-electron chi connectivity index (χ0n) is 12.0. The normalized spacial score (nSPS) is 17.8. The maximum atomic E-state index is 5.32. The summed E-state index contributed by atoms with van der Waals surface area (Å²) in [5, 5.41) is 4.80. The van der Waals surface area contributed by atoms with Crippen molar-refractivity contribution in [3.05, 3.63) is 45.4 Å². The van der Waals surface area contributed by atoms with Crippen molar-refractivity contribution in [3.63, 3.8) is 0 Å². The summed E-state index contributed by atoms with van der Waals surface area (Å²) in [6, 6.07) is 7.00. The number of nitrogens with zero attached hydrogens (tertiary/aromatic N) is 1. The number of hydrogen-bond donors (Lipinski definition) is 1. The Morgan fingerprint density at radius 1 is 1.40 bits per heavy atom. The number of methoxy groups -OCH3 is 1. The number of ether oxygens (including phenoxy) is 1. The molecule has 1 aromatic carbocycles. The van der Waals surface area contributed by atoms with E-state index < -0.39 is 0 Å². The lowest BCUT2D eigenvalue weighted by atomic mass is 9.88. The van der Waals surface area contributed by atoms with Gasteiger partial charge in [-0.05, 0) is 49.4 Å². The third kappa shape index (κ3) is 3.02. The van der Waals surface area contributed by atoms with Gasteiger partial charge >= 0.3 is 0 Å². The van der Waals surface area contributed by atoms with E-state index in [1.165, 1.54) is 22.4 Å². The third-order valence-corrected chi connectivity index (χ3v) is 4.79. The molecule has 4 heteroatoms. The Labute approximate surface area is 124 Å². The highest BCUT2D eigenvalue weighted by molar-refractivity contribution is 7.11. The van der Waals surface area contributed by atoms with Gasteiger partial charge in [0.05, 0.1) is 12.1 Å².